The lowest BCUT2D eigenvalue weighted by Gasteiger charge is -2.20. The molecule has 98 valence electrons. The quantitative estimate of drug-likeness (QED) is 0.622. The van der Waals surface area contributed by atoms with Gasteiger partial charge in [0, 0.05) is 16.6 Å². The Hall–Kier alpha value is -1.32. The topological polar surface area (TPSA) is 62.8 Å². The lowest BCUT2D eigenvalue weighted by atomic mass is 9.89. The van der Waals surface area contributed by atoms with Crippen LogP contribution in [0.2, 0.25) is 10.0 Å². The van der Waals surface area contributed by atoms with E-state index < -0.39 is 0 Å². The SMILES string of the molecule is N=C(N)c1c2c(nc3c(Cl)c(Cl)ccc13)CCCC2. The fourth-order valence-electron chi connectivity index (χ4n) is 2.74. The molecule has 3 rings (SSSR count). The molecule has 0 aliphatic heterocycles. The Bertz CT molecular complexity index is 695. The van der Waals surface area contributed by atoms with Crippen molar-refractivity contribution in [2.24, 2.45) is 5.73 Å². The zero-order valence-electron chi connectivity index (χ0n) is 10.3. The largest absolute Gasteiger partial charge is 0.384 e. The summed E-state index contributed by atoms with van der Waals surface area (Å²) in [6, 6.07) is 3.58. The van der Waals surface area contributed by atoms with Crippen molar-refractivity contribution in [3.8, 4) is 0 Å². The van der Waals surface area contributed by atoms with Crippen LogP contribution in [0.15, 0.2) is 12.1 Å². The third-order valence-corrected chi connectivity index (χ3v) is 4.39. The molecule has 0 unspecified atom stereocenters. The van der Waals surface area contributed by atoms with Gasteiger partial charge in [-0.3, -0.25) is 10.4 Å². The summed E-state index contributed by atoms with van der Waals surface area (Å²) < 4.78 is 0. The van der Waals surface area contributed by atoms with Crippen LogP contribution in [-0.2, 0) is 12.8 Å². The Kier molecular flexibility index (Phi) is 3.11. The van der Waals surface area contributed by atoms with Gasteiger partial charge in [0.05, 0.1) is 15.6 Å². The first-order valence-electron chi connectivity index (χ1n) is 6.23. The van der Waals surface area contributed by atoms with Gasteiger partial charge in [0.25, 0.3) is 0 Å². The summed E-state index contributed by atoms with van der Waals surface area (Å²) >= 11 is 12.3. The van der Waals surface area contributed by atoms with Gasteiger partial charge in [-0.1, -0.05) is 29.3 Å². The molecule has 0 amide bonds. The molecular weight excluding hydrogens is 281 g/mol. The van der Waals surface area contributed by atoms with Crippen LogP contribution in [-0.4, -0.2) is 10.8 Å². The van der Waals surface area contributed by atoms with Crippen LogP contribution < -0.4 is 5.73 Å². The van der Waals surface area contributed by atoms with Gasteiger partial charge in [-0.15, -0.1) is 0 Å². The van der Waals surface area contributed by atoms with Crippen molar-refractivity contribution >= 4 is 39.9 Å². The first-order chi connectivity index (χ1) is 9.09. The van der Waals surface area contributed by atoms with Gasteiger partial charge in [-0.05, 0) is 37.3 Å². The number of nitrogen functional groups attached to an aromatic ring is 1. The highest BCUT2D eigenvalue weighted by Gasteiger charge is 2.21. The number of aromatic nitrogens is 1. The number of benzene rings is 1. The zero-order chi connectivity index (χ0) is 13.6. The molecule has 1 aromatic heterocycles. The smallest absolute Gasteiger partial charge is 0.123 e. The number of hydrogen-bond acceptors (Lipinski definition) is 2. The average Bonchev–Trinajstić information content (AvgIpc) is 2.40. The van der Waals surface area contributed by atoms with Crippen LogP contribution >= 0.6 is 23.2 Å². The van der Waals surface area contributed by atoms with Crippen LogP contribution in [0.3, 0.4) is 0 Å². The number of nitrogens with zero attached hydrogens (tertiary/aromatic N) is 1. The molecule has 5 heteroatoms. The highest BCUT2D eigenvalue weighted by atomic mass is 35.5. The number of nitrogens with one attached hydrogen (secondary N) is 1. The molecule has 0 spiro atoms. The number of pyridine rings is 1. The molecule has 2 aromatic rings. The third-order valence-electron chi connectivity index (χ3n) is 3.59. The number of hydrogen-bond donors (Lipinski definition) is 2. The van der Waals surface area contributed by atoms with E-state index >= 15 is 0 Å². The number of amidine groups is 1. The summed E-state index contributed by atoms with van der Waals surface area (Å²) in [4.78, 5) is 4.65. The van der Waals surface area contributed by atoms with Gasteiger partial charge in [0.1, 0.15) is 5.84 Å². The monoisotopic (exact) mass is 293 g/mol. The van der Waals surface area contributed by atoms with E-state index in [1.165, 1.54) is 0 Å². The molecule has 1 aliphatic rings. The predicted molar refractivity (Wildman–Crippen MR) is 79.4 cm³/mol. The van der Waals surface area contributed by atoms with Gasteiger partial charge in [0.15, 0.2) is 0 Å². The molecule has 3 nitrogen and oxygen atoms in total. The van der Waals surface area contributed by atoms with Gasteiger partial charge < -0.3 is 5.73 Å². The summed E-state index contributed by atoms with van der Waals surface area (Å²) in [5.74, 6) is 0.0731. The molecular formula is C14H13Cl2N3. The zero-order valence-corrected chi connectivity index (χ0v) is 11.8. The van der Waals surface area contributed by atoms with Crippen molar-refractivity contribution in [1.29, 1.82) is 5.41 Å². The predicted octanol–water partition coefficient (Wildman–Crippen LogP) is 3.70. The Morgan fingerprint density at radius 3 is 2.68 bits per heavy atom. The van der Waals surface area contributed by atoms with Crippen LogP contribution in [0.5, 0.6) is 0 Å². The van der Waals surface area contributed by atoms with Gasteiger partial charge in [-0.25, -0.2) is 0 Å². The Morgan fingerprint density at radius 2 is 1.95 bits per heavy atom. The van der Waals surface area contributed by atoms with E-state index in [-0.39, 0.29) is 5.84 Å². The maximum absolute atomic E-state index is 7.86. The summed E-state index contributed by atoms with van der Waals surface area (Å²) in [5.41, 5.74) is 9.31. The molecule has 0 saturated carbocycles. The molecule has 0 radical (unpaired) electrons. The fraction of sp³-hybridized carbons (Fsp3) is 0.286. The first kappa shape index (κ1) is 12.7. The summed E-state index contributed by atoms with van der Waals surface area (Å²) in [6.07, 6.45) is 4.06. The second-order valence-corrected chi connectivity index (χ2v) is 5.58. The molecule has 1 aliphatic carbocycles. The van der Waals surface area contributed by atoms with E-state index in [0.717, 1.165) is 47.9 Å². The van der Waals surface area contributed by atoms with Gasteiger partial charge in [0.2, 0.25) is 0 Å². The number of aryl methyl sites for hydroxylation is 1. The van der Waals surface area contributed by atoms with E-state index in [2.05, 4.69) is 4.98 Å². The molecule has 0 saturated heterocycles. The van der Waals surface area contributed by atoms with Crippen molar-refractivity contribution in [1.82, 2.24) is 4.98 Å². The van der Waals surface area contributed by atoms with Gasteiger partial charge in [-0.2, -0.15) is 0 Å². The highest BCUT2D eigenvalue weighted by Crippen LogP contribution is 2.35. The second-order valence-electron chi connectivity index (χ2n) is 4.79. The minimum Gasteiger partial charge on any atom is -0.384 e. The third kappa shape index (κ3) is 1.97. The van der Waals surface area contributed by atoms with Crippen molar-refractivity contribution in [2.75, 3.05) is 0 Å². The fourth-order valence-corrected chi connectivity index (χ4v) is 3.10. The Morgan fingerprint density at radius 1 is 1.21 bits per heavy atom. The van der Waals surface area contributed by atoms with E-state index in [1.54, 1.807) is 6.07 Å². The van der Waals surface area contributed by atoms with Crippen molar-refractivity contribution in [3.05, 3.63) is 39.0 Å². The minimum atomic E-state index is 0.0731. The molecule has 3 N–H and O–H groups in total. The maximum atomic E-state index is 7.86. The minimum absolute atomic E-state index is 0.0731. The highest BCUT2D eigenvalue weighted by molar-refractivity contribution is 6.45. The van der Waals surface area contributed by atoms with Crippen LogP contribution in [0.25, 0.3) is 10.9 Å². The lowest BCUT2D eigenvalue weighted by molar-refractivity contribution is 0.670. The molecule has 0 atom stereocenters. The Balaban J connectivity index is 2.45. The van der Waals surface area contributed by atoms with E-state index in [9.17, 15) is 0 Å². The average molecular weight is 294 g/mol. The molecule has 0 fully saturated rings. The second kappa shape index (κ2) is 4.66. The molecule has 19 heavy (non-hydrogen) atoms. The van der Waals surface area contributed by atoms with Crippen molar-refractivity contribution in [3.63, 3.8) is 0 Å². The van der Waals surface area contributed by atoms with Crippen LogP contribution in [0.4, 0.5) is 0 Å². The van der Waals surface area contributed by atoms with Crippen LogP contribution in [0, 0.1) is 5.41 Å². The number of halogens is 2. The first-order valence-corrected chi connectivity index (χ1v) is 6.99. The van der Waals surface area contributed by atoms with Gasteiger partial charge >= 0.3 is 0 Å². The van der Waals surface area contributed by atoms with Crippen molar-refractivity contribution in [2.45, 2.75) is 25.7 Å². The molecule has 1 aromatic carbocycles. The molecule has 1 heterocycles. The van der Waals surface area contributed by atoms with Crippen molar-refractivity contribution < 1.29 is 0 Å². The summed E-state index contributed by atoms with van der Waals surface area (Å²) in [5, 5.41) is 9.60. The normalized spacial score (nSPS) is 14.4. The number of fused-ring (bicyclic) bond motifs is 2. The molecule has 0 bridgehead atoms. The standard InChI is InChI=1S/C14H13Cl2N3/c15-9-6-5-8-11(14(17)18)7-3-1-2-4-10(7)19-13(8)12(9)16/h5-6H,1-4H2,(H3,17,18). The maximum Gasteiger partial charge on any atom is 0.123 e. The summed E-state index contributed by atoms with van der Waals surface area (Å²) in [7, 11) is 0. The summed E-state index contributed by atoms with van der Waals surface area (Å²) in [6.45, 7) is 0. The van der Waals surface area contributed by atoms with E-state index in [4.69, 9.17) is 34.3 Å². The number of nitrogens with two attached hydrogens (primary N) is 1. The lowest BCUT2D eigenvalue weighted by Crippen LogP contribution is -2.19. The van der Waals surface area contributed by atoms with E-state index in [1.807, 2.05) is 6.07 Å². The van der Waals surface area contributed by atoms with Crippen LogP contribution in [0.1, 0.15) is 29.7 Å². The number of rotatable bonds is 1. The Labute approximate surface area is 121 Å². The van der Waals surface area contributed by atoms with E-state index in [0.29, 0.717) is 15.6 Å².